The van der Waals surface area contributed by atoms with Gasteiger partial charge < -0.3 is 14.0 Å². The standard InChI is InChI=1S/C27H56Cl4O3Si2/c1-9-36(10-2,11-3)34-25(21-32)24(29)20-23(28)18-16-14-12-13-15-17-19-27(30,31)22-33-35(7,8)26(4,5)6/h23-25,32H,9-22H2,1-8H3/t23-,24+,25+/m0/s1. The van der Waals surface area contributed by atoms with Crippen LogP contribution in [0.2, 0.25) is 36.3 Å². The fourth-order valence-corrected chi connectivity index (χ4v) is 9.44. The molecule has 0 saturated carbocycles. The Bertz CT molecular complexity index is 561. The van der Waals surface area contributed by atoms with Crippen molar-refractivity contribution in [2.45, 2.75) is 157 Å². The maximum atomic E-state index is 9.87. The van der Waals surface area contributed by atoms with Crippen LogP contribution in [0.5, 0.6) is 0 Å². The molecular weight excluding hydrogens is 570 g/mol. The monoisotopic (exact) mass is 624 g/mol. The quantitative estimate of drug-likeness (QED) is 0.0783. The molecule has 0 fully saturated rings. The minimum absolute atomic E-state index is 0.0140. The average Bonchev–Trinajstić information content (AvgIpc) is 2.80. The number of aliphatic hydroxyl groups excluding tert-OH is 1. The van der Waals surface area contributed by atoms with Crippen LogP contribution in [0.25, 0.3) is 0 Å². The molecule has 0 aliphatic carbocycles. The first kappa shape index (κ1) is 37.5. The minimum Gasteiger partial charge on any atom is -0.414 e. The molecule has 0 spiro atoms. The SMILES string of the molecule is CC[Si](CC)(CC)O[C@H](CO)[C@H](Cl)C[C@@H](Cl)CCCCCCCCC(Cl)(Cl)CO[Si](C)(C)C(C)(C)C. The van der Waals surface area contributed by atoms with Gasteiger partial charge in [0.1, 0.15) is 4.33 Å². The summed E-state index contributed by atoms with van der Waals surface area (Å²) in [6, 6.07) is 3.14. The summed E-state index contributed by atoms with van der Waals surface area (Å²) < 4.78 is 11.8. The fourth-order valence-electron chi connectivity index (χ4n) is 4.09. The van der Waals surface area contributed by atoms with Gasteiger partial charge in [-0.3, -0.25) is 0 Å². The van der Waals surface area contributed by atoms with Gasteiger partial charge in [-0.1, -0.05) is 103 Å². The molecule has 0 aromatic rings. The van der Waals surface area contributed by atoms with Gasteiger partial charge in [-0.15, -0.1) is 23.2 Å². The predicted molar refractivity (Wildman–Crippen MR) is 168 cm³/mol. The molecule has 0 aromatic carbocycles. The van der Waals surface area contributed by atoms with Crippen LogP contribution in [0, 0.1) is 0 Å². The second kappa shape index (κ2) is 18.0. The van der Waals surface area contributed by atoms with E-state index in [2.05, 4.69) is 54.6 Å². The van der Waals surface area contributed by atoms with Gasteiger partial charge >= 0.3 is 0 Å². The largest absolute Gasteiger partial charge is 0.414 e. The number of hydrogen-bond acceptors (Lipinski definition) is 3. The molecule has 0 bridgehead atoms. The molecule has 0 amide bonds. The summed E-state index contributed by atoms with van der Waals surface area (Å²) in [5.41, 5.74) is 0. The van der Waals surface area contributed by atoms with Crippen molar-refractivity contribution in [1.29, 1.82) is 0 Å². The summed E-state index contributed by atoms with van der Waals surface area (Å²) in [4.78, 5) is 0. The first-order chi connectivity index (χ1) is 16.6. The van der Waals surface area contributed by atoms with Crippen molar-refractivity contribution < 1.29 is 14.0 Å². The highest BCUT2D eigenvalue weighted by molar-refractivity contribution is 6.74. The van der Waals surface area contributed by atoms with E-state index in [0.717, 1.165) is 56.7 Å². The number of halogens is 4. The van der Waals surface area contributed by atoms with Crippen LogP contribution < -0.4 is 0 Å². The lowest BCUT2D eigenvalue weighted by atomic mass is 10.0. The lowest BCUT2D eigenvalue weighted by Gasteiger charge is -2.37. The molecule has 0 rings (SSSR count). The van der Waals surface area contributed by atoms with Gasteiger partial charge in [-0.2, -0.15) is 0 Å². The number of rotatable bonds is 21. The first-order valence-corrected chi connectivity index (χ1v) is 21.2. The van der Waals surface area contributed by atoms with E-state index < -0.39 is 21.0 Å². The average molecular weight is 627 g/mol. The second-order valence-electron chi connectivity index (χ2n) is 12.0. The zero-order chi connectivity index (χ0) is 28.0. The summed E-state index contributed by atoms with van der Waals surface area (Å²) in [6.45, 7) is 18.1. The Kier molecular flexibility index (Phi) is 18.8. The second-order valence-corrected chi connectivity index (χ2v) is 24.3. The zero-order valence-corrected chi connectivity index (χ0v) is 29.4. The Balaban J connectivity index is 4.12. The molecule has 0 aromatic heterocycles. The van der Waals surface area contributed by atoms with Crippen LogP contribution in [-0.2, 0) is 8.85 Å². The molecule has 0 aliphatic rings. The predicted octanol–water partition coefficient (Wildman–Crippen LogP) is 10.3. The van der Waals surface area contributed by atoms with Crippen molar-refractivity contribution in [3.63, 3.8) is 0 Å². The van der Waals surface area contributed by atoms with E-state index in [9.17, 15) is 5.11 Å². The Hall–Kier alpha value is 1.47. The fraction of sp³-hybridized carbons (Fsp3) is 1.00. The van der Waals surface area contributed by atoms with Gasteiger partial charge in [-0.05, 0) is 55.5 Å². The van der Waals surface area contributed by atoms with Gasteiger partial charge in [0.2, 0.25) is 0 Å². The van der Waals surface area contributed by atoms with Crippen molar-refractivity contribution in [2.24, 2.45) is 0 Å². The lowest BCUT2D eigenvalue weighted by molar-refractivity contribution is 0.0995. The molecule has 3 nitrogen and oxygen atoms in total. The molecule has 0 aliphatic heterocycles. The Labute approximate surface area is 245 Å². The van der Waals surface area contributed by atoms with Crippen molar-refractivity contribution in [2.75, 3.05) is 13.2 Å². The summed E-state index contributed by atoms with van der Waals surface area (Å²) in [7, 11) is -3.64. The van der Waals surface area contributed by atoms with Crippen molar-refractivity contribution in [3.8, 4) is 0 Å². The van der Waals surface area contributed by atoms with Gasteiger partial charge in [0.25, 0.3) is 0 Å². The molecular formula is C27H56Cl4O3Si2. The summed E-state index contributed by atoms with van der Waals surface area (Å²) in [6.07, 6.45) is 8.81. The third kappa shape index (κ3) is 14.7. The van der Waals surface area contributed by atoms with E-state index in [4.69, 9.17) is 55.3 Å². The van der Waals surface area contributed by atoms with Gasteiger partial charge in [-0.25, -0.2) is 0 Å². The molecule has 0 heterocycles. The van der Waals surface area contributed by atoms with Gasteiger partial charge in [0, 0.05) is 5.38 Å². The van der Waals surface area contributed by atoms with Crippen molar-refractivity contribution in [1.82, 2.24) is 0 Å². The maximum absolute atomic E-state index is 9.87. The summed E-state index contributed by atoms with van der Waals surface area (Å²) >= 11 is 26.3. The third-order valence-electron chi connectivity index (χ3n) is 8.16. The smallest absolute Gasteiger partial charge is 0.192 e. The summed E-state index contributed by atoms with van der Waals surface area (Å²) in [5, 5.41) is 9.79. The molecule has 9 heteroatoms. The molecule has 3 atom stereocenters. The van der Waals surface area contributed by atoms with Crippen LogP contribution in [0.15, 0.2) is 0 Å². The van der Waals surface area contributed by atoms with E-state index in [1.54, 1.807) is 0 Å². The van der Waals surface area contributed by atoms with Crippen LogP contribution >= 0.6 is 46.4 Å². The van der Waals surface area contributed by atoms with E-state index in [0.29, 0.717) is 13.0 Å². The van der Waals surface area contributed by atoms with E-state index in [-0.39, 0.29) is 28.5 Å². The zero-order valence-electron chi connectivity index (χ0n) is 24.4. The van der Waals surface area contributed by atoms with Crippen molar-refractivity contribution in [3.05, 3.63) is 0 Å². The number of hydrogen-bond donors (Lipinski definition) is 1. The number of alkyl halides is 4. The Morgan fingerprint density at radius 2 is 1.33 bits per heavy atom. The minimum atomic E-state index is -1.83. The first-order valence-electron chi connectivity index (χ1n) is 14.2. The van der Waals surface area contributed by atoms with Crippen LogP contribution in [0.1, 0.15) is 99.3 Å². The van der Waals surface area contributed by atoms with E-state index >= 15 is 0 Å². The van der Waals surface area contributed by atoms with E-state index in [1.165, 1.54) is 12.8 Å². The highest BCUT2D eigenvalue weighted by atomic mass is 35.5. The van der Waals surface area contributed by atoms with Crippen LogP contribution in [0.4, 0.5) is 0 Å². The van der Waals surface area contributed by atoms with Gasteiger partial charge in [0.05, 0.1) is 24.7 Å². The highest BCUT2D eigenvalue weighted by Crippen LogP contribution is 2.39. The molecule has 0 unspecified atom stereocenters. The van der Waals surface area contributed by atoms with Crippen LogP contribution in [-0.4, -0.2) is 56.1 Å². The third-order valence-corrected chi connectivity index (χ3v) is 18.8. The number of unbranched alkanes of at least 4 members (excludes halogenated alkanes) is 5. The van der Waals surface area contributed by atoms with Gasteiger partial charge in [0.15, 0.2) is 16.6 Å². The molecule has 36 heavy (non-hydrogen) atoms. The molecule has 0 radical (unpaired) electrons. The summed E-state index contributed by atoms with van der Waals surface area (Å²) in [5.74, 6) is 0. The topological polar surface area (TPSA) is 38.7 Å². The molecule has 218 valence electrons. The Morgan fingerprint density at radius 3 is 1.81 bits per heavy atom. The number of aliphatic hydroxyl groups is 1. The highest BCUT2D eigenvalue weighted by Gasteiger charge is 2.39. The van der Waals surface area contributed by atoms with E-state index in [1.807, 2.05) is 0 Å². The van der Waals surface area contributed by atoms with Crippen molar-refractivity contribution >= 4 is 63.0 Å². The molecule has 0 saturated heterocycles. The molecule has 1 N–H and O–H groups in total. The normalized spacial score (nSPS) is 16.2. The van der Waals surface area contributed by atoms with Crippen LogP contribution in [0.3, 0.4) is 0 Å². The lowest BCUT2D eigenvalue weighted by Crippen LogP contribution is -2.44. The Morgan fingerprint density at radius 1 is 0.833 bits per heavy atom. The maximum Gasteiger partial charge on any atom is 0.192 e.